The van der Waals surface area contributed by atoms with Gasteiger partial charge in [0.2, 0.25) is 5.91 Å². The molecule has 1 heterocycles. The molecule has 1 aromatic rings. The zero-order chi connectivity index (χ0) is 14.9. The molecule has 108 valence electrons. The summed E-state index contributed by atoms with van der Waals surface area (Å²) in [7, 11) is 0. The maximum atomic E-state index is 13.5. The van der Waals surface area contributed by atoms with Crippen molar-refractivity contribution in [2.45, 2.75) is 25.8 Å². The number of hydrogen-bond donors (Lipinski definition) is 1. The van der Waals surface area contributed by atoms with E-state index >= 15 is 0 Å². The normalized spacial score (nSPS) is 22.6. The van der Waals surface area contributed by atoms with Crippen molar-refractivity contribution in [3.05, 3.63) is 34.1 Å². The van der Waals surface area contributed by atoms with Gasteiger partial charge in [0, 0.05) is 18.2 Å². The molecule has 0 bridgehead atoms. The Hall–Kier alpha value is -1.43. The van der Waals surface area contributed by atoms with Crippen LogP contribution in [0.15, 0.2) is 22.7 Å². The minimum absolute atomic E-state index is 0.0183. The van der Waals surface area contributed by atoms with Crippen LogP contribution < -0.4 is 5.73 Å². The summed E-state index contributed by atoms with van der Waals surface area (Å²) >= 11 is 3.05. The van der Waals surface area contributed by atoms with Crippen LogP contribution in [-0.4, -0.2) is 29.3 Å². The van der Waals surface area contributed by atoms with E-state index in [2.05, 4.69) is 15.9 Å². The summed E-state index contributed by atoms with van der Waals surface area (Å²) in [5.41, 5.74) is 5.59. The van der Waals surface area contributed by atoms with Gasteiger partial charge in [-0.15, -0.1) is 0 Å². The van der Waals surface area contributed by atoms with E-state index in [1.165, 1.54) is 12.1 Å². The fourth-order valence-corrected chi connectivity index (χ4v) is 2.66. The number of carbonyl (C=O) groups is 2. The van der Waals surface area contributed by atoms with Crippen LogP contribution in [0.4, 0.5) is 4.39 Å². The van der Waals surface area contributed by atoms with Gasteiger partial charge in [0.05, 0.1) is 10.4 Å². The third kappa shape index (κ3) is 3.00. The Balaban J connectivity index is 2.21. The number of primary amides is 1. The lowest BCUT2D eigenvalue weighted by Crippen LogP contribution is -2.48. The van der Waals surface area contributed by atoms with Crippen LogP contribution >= 0.6 is 15.9 Å². The van der Waals surface area contributed by atoms with Crippen LogP contribution in [-0.2, 0) is 4.79 Å². The number of rotatable bonds is 2. The molecule has 0 saturated carbocycles. The molecule has 0 aromatic heterocycles. The van der Waals surface area contributed by atoms with Gasteiger partial charge in [0.25, 0.3) is 5.91 Å². The van der Waals surface area contributed by atoms with Crippen molar-refractivity contribution >= 4 is 27.7 Å². The van der Waals surface area contributed by atoms with Crippen molar-refractivity contribution in [2.24, 2.45) is 11.7 Å². The monoisotopic (exact) mass is 342 g/mol. The Morgan fingerprint density at radius 2 is 2.10 bits per heavy atom. The average Bonchev–Trinajstić information content (AvgIpc) is 2.41. The van der Waals surface area contributed by atoms with Crippen molar-refractivity contribution in [3.63, 3.8) is 0 Å². The first-order chi connectivity index (χ1) is 9.40. The summed E-state index contributed by atoms with van der Waals surface area (Å²) in [6, 6.07) is 4.29. The van der Waals surface area contributed by atoms with E-state index in [-0.39, 0.29) is 23.4 Å². The minimum Gasteiger partial charge on any atom is -0.369 e. The van der Waals surface area contributed by atoms with E-state index in [1.807, 2.05) is 6.92 Å². The molecule has 2 N–H and O–H groups in total. The van der Waals surface area contributed by atoms with Gasteiger partial charge in [0.15, 0.2) is 0 Å². The summed E-state index contributed by atoms with van der Waals surface area (Å²) in [6.45, 7) is 2.22. The van der Waals surface area contributed by atoms with Crippen molar-refractivity contribution in [1.82, 2.24) is 4.90 Å². The van der Waals surface area contributed by atoms with E-state index in [0.29, 0.717) is 17.4 Å². The Labute approximate surface area is 125 Å². The molecule has 6 heteroatoms. The van der Waals surface area contributed by atoms with Gasteiger partial charge in [-0.1, -0.05) is 0 Å². The topological polar surface area (TPSA) is 63.4 Å². The van der Waals surface area contributed by atoms with E-state index in [0.717, 1.165) is 6.42 Å². The summed E-state index contributed by atoms with van der Waals surface area (Å²) < 4.78 is 13.8. The number of benzene rings is 1. The number of nitrogens with two attached hydrogens (primary N) is 1. The Kier molecular flexibility index (Phi) is 4.42. The number of likely N-dealkylation sites (tertiary alicyclic amines) is 1. The molecule has 0 radical (unpaired) electrons. The molecule has 2 unspecified atom stereocenters. The van der Waals surface area contributed by atoms with Crippen LogP contribution in [0.1, 0.15) is 30.1 Å². The zero-order valence-electron chi connectivity index (χ0n) is 11.1. The van der Waals surface area contributed by atoms with Crippen molar-refractivity contribution in [1.29, 1.82) is 0 Å². The van der Waals surface area contributed by atoms with Crippen LogP contribution in [0.25, 0.3) is 0 Å². The van der Waals surface area contributed by atoms with Crippen LogP contribution in [0.5, 0.6) is 0 Å². The predicted molar refractivity (Wildman–Crippen MR) is 76.5 cm³/mol. The first-order valence-electron chi connectivity index (χ1n) is 6.45. The molecule has 1 fully saturated rings. The van der Waals surface area contributed by atoms with Crippen LogP contribution in [0.2, 0.25) is 0 Å². The molecule has 2 rings (SSSR count). The van der Waals surface area contributed by atoms with Gasteiger partial charge >= 0.3 is 0 Å². The number of nitrogens with zero attached hydrogens (tertiary/aromatic N) is 1. The smallest absolute Gasteiger partial charge is 0.254 e. The largest absolute Gasteiger partial charge is 0.369 e. The average molecular weight is 343 g/mol. The van der Waals surface area contributed by atoms with Crippen molar-refractivity contribution < 1.29 is 14.0 Å². The van der Waals surface area contributed by atoms with Gasteiger partial charge in [0.1, 0.15) is 5.82 Å². The van der Waals surface area contributed by atoms with Crippen LogP contribution in [0, 0.1) is 11.7 Å². The second kappa shape index (κ2) is 5.91. The molecule has 1 saturated heterocycles. The second-order valence-corrected chi connectivity index (χ2v) is 5.97. The highest BCUT2D eigenvalue weighted by atomic mass is 79.9. The van der Waals surface area contributed by atoms with E-state index in [1.54, 1.807) is 11.0 Å². The summed E-state index contributed by atoms with van der Waals surface area (Å²) in [4.78, 5) is 25.3. The van der Waals surface area contributed by atoms with Crippen LogP contribution in [0.3, 0.4) is 0 Å². The number of piperidine rings is 1. The molecule has 2 atom stereocenters. The lowest BCUT2D eigenvalue weighted by molar-refractivity contribution is -0.123. The molecule has 1 aliphatic rings. The highest BCUT2D eigenvalue weighted by Crippen LogP contribution is 2.24. The summed E-state index contributed by atoms with van der Waals surface area (Å²) in [5.74, 6) is -1.46. The lowest BCUT2D eigenvalue weighted by Gasteiger charge is -2.37. The lowest BCUT2D eigenvalue weighted by atomic mass is 9.92. The molecule has 20 heavy (non-hydrogen) atoms. The maximum Gasteiger partial charge on any atom is 0.254 e. The minimum atomic E-state index is -0.480. The predicted octanol–water partition coefficient (Wildman–Crippen LogP) is 2.31. The van der Waals surface area contributed by atoms with E-state index < -0.39 is 11.7 Å². The van der Waals surface area contributed by atoms with Gasteiger partial charge < -0.3 is 10.6 Å². The standard InChI is InChI=1S/C14H16BrFN2O2/c1-8-2-3-10(13(17)19)7-18(8)14(20)9-4-5-11(15)12(16)6-9/h4-6,8,10H,2-3,7H2,1H3,(H2,17,19). The Bertz CT molecular complexity index is 550. The first kappa shape index (κ1) is 15.0. The summed E-state index contributed by atoms with van der Waals surface area (Å²) in [5, 5.41) is 0. The molecular formula is C14H16BrFN2O2. The number of carbonyl (C=O) groups excluding carboxylic acids is 2. The fourth-order valence-electron chi connectivity index (χ4n) is 2.42. The third-order valence-electron chi connectivity index (χ3n) is 3.71. The van der Waals surface area contributed by atoms with E-state index in [4.69, 9.17) is 5.73 Å². The maximum absolute atomic E-state index is 13.5. The van der Waals surface area contributed by atoms with Crippen molar-refractivity contribution in [2.75, 3.05) is 6.54 Å². The molecule has 0 aliphatic carbocycles. The molecule has 1 aliphatic heterocycles. The molecular weight excluding hydrogens is 327 g/mol. The van der Waals surface area contributed by atoms with Crippen molar-refractivity contribution in [3.8, 4) is 0 Å². The number of halogens is 2. The van der Waals surface area contributed by atoms with Gasteiger partial charge in [-0.05, 0) is 53.9 Å². The third-order valence-corrected chi connectivity index (χ3v) is 4.35. The Morgan fingerprint density at radius 1 is 1.40 bits per heavy atom. The number of hydrogen-bond acceptors (Lipinski definition) is 2. The SMILES string of the molecule is CC1CCC(C(N)=O)CN1C(=O)c1ccc(Br)c(F)c1. The molecule has 2 amide bonds. The van der Waals surface area contributed by atoms with E-state index in [9.17, 15) is 14.0 Å². The molecule has 4 nitrogen and oxygen atoms in total. The quantitative estimate of drug-likeness (QED) is 0.896. The van der Waals surface area contributed by atoms with Gasteiger partial charge in [-0.2, -0.15) is 0 Å². The second-order valence-electron chi connectivity index (χ2n) is 5.11. The van der Waals surface area contributed by atoms with Gasteiger partial charge in [-0.25, -0.2) is 4.39 Å². The van der Waals surface area contributed by atoms with Gasteiger partial charge in [-0.3, -0.25) is 9.59 Å². The zero-order valence-corrected chi connectivity index (χ0v) is 12.7. The highest BCUT2D eigenvalue weighted by molar-refractivity contribution is 9.10. The number of amides is 2. The first-order valence-corrected chi connectivity index (χ1v) is 7.24. The fraction of sp³-hybridized carbons (Fsp3) is 0.429. The highest BCUT2D eigenvalue weighted by Gasteiger charge is 2.32. The Morgan fingerprint density at radius 3 is 2.70 bits per heavy atom. The molecule has 1 aromatic carbocycles. The molecule has 0 spiro atoms. The summed E-state index contributed by atoms with van der Waals surface area (Å²) in [6.07, 6.45) is 1.41.